The van der Waals surface area contributed by atoms with Crippen molar-refractivity contribution < 1.29 is 12.8 Å². The van der Waals surface area contributed by atoms with Gasteiger partial charge in [0.05, 0.1) is 21.6 Å². The van der Waals surface area contributed by atoms with Crippen molar-refractivity contribution >= 4 is 26.6 Å². The average Bonchev–Trinajstić information content (AvgIpc) is 3.36. The largest absolute Gasteiger partial charge is 0.368 e. The van der Waals surface area contributed by atoms with E-state index in [0.717, 1.165) is 47.6 Å². The molecule has 2 saturated heterocycles. The SMILES string of the molecule is CC(C)N1C2CCC1CN(c1ccc(-c3cnc4cc(-c5ccc(S(C)(=O)=O)cc5F)n(C)c4c3)cc1)C2. The van der Waals surface area contributed by atoms with Crippen LogP contribution in [0.15, 0.2) is 65.7 Å². The zero-order chi connectivity index (χ0) is 26.8. The van der Waals surface area contributed by atoms with Gasteiger partial charge >= 0.3 is 0 Å². The number of rotatable bonds is 5. The van der Waals surface area contributed by atoms with Crippen LogP contribution in [0.4, 0.5) is 10.1 Å². The second-order valence-corrected chi connectivity index (χ2v) is 13.0. The predicted molar refractivity (Wildman–Crippen MR) is 151 cm³/mol. The summed E-state index contributed by atoms with van der Waals surface area (Å²) in [4.78, 5) is 9.86. The topological polar surface area (TPSA) is 58.4 Å². The number of benzene rings is 2. The monoisotopic (exact) mass is 532 g/mol. The molecule has 2 unspecified atom stereocenters. The molecule has 2 aliphatic heterocycles. The number of hydrogen-bond acceptors (Lipinski definition) is 5. The van der Waals surface area contributed by atoms with Gasteiger partial charge in [-0.25, -0.2) is 12.8 Å². The van der Waals surface area contributed by atoms with Gasteiger partial charge in [0, 0.05) is 67.5 Å². The number of aryl methyl sites for hydroxylation is 1. The van der Waals surface area contributed by atoms with Gasteiger partial charge in [-0.15, -0.1) is 0 Å². The summed E-state index contributed by atoms with van der Waals surface area (Å²) in [6.07, 6.45) is 5.50. The Morgan fingerprint density at radius 2 is 1.63 bits per heavy atom. The van der Waals surface area contributed by atoms with Crippen LogP contribution in [0.1, 0.15) is 26.7 Å². The van der Waals surface area contributed by atoms with Gasteiger partial charge in [-0.05, 0) is 74.7 Å². The molecule has 198 valence electrons. The molecule has 4 heterocycles. The predicted octanol–water partition coefficient (Wildman–Crippen LogP) is 5.51. The second kappa shape index (κ2) is 9.20. The van der Waals surface area contributed by atoms with Crippen molar-refractivity contribution in [3.63, 3.8) is 0 Å². The first-order valence-corrected chi connectivity index (χ1v) is 15.1. The van der Waals surface area contributed by atoms with Crippen LogP contribution in [0.5, 0.6) is 0 Å². The zero-order valence-electron chi connectivity index (χ0n) is 22.2. The van der Waals surface area contributed by atoms with Crippen molar-refractivity contribution in [3.8, 4) is 22.4 Å². The smallest absolute Gasteiger partial charge is 0.175 e. The molecule has 2 fully saturated rings. The maximum atomic E-state index is 14.9. The number of hydrogen-bond donors (Lipinski definition) is 0. The van der Waals surface area contributed by atoms with E-state index in [1.165, 1.54) is 30.7 Å². The minimum Gasteiger partial charge on any atom is -0.368 e. The third-order valence-corrected chi connectivity index (χ3v) is 9.35. The molecule has 4 aromatic rings. The molecule has 2 atom stereocenters. The van der Waals surface area contributed by atoms with E-state index in [4.69, 9.17) is 0 Å². The molecule has 0 spiro atoms. The van der Waals surface area contributed by atoms with Crippen LogP contribution < -0.4 is 4.90 Å². The van der Waals surface area contributed by atoms with Crippen LogP contribution >= 0.6 is 0 Å². The number of fused-ring (bicyclic) bond motifs is 3. The molecule has 0 radical (unpaired) electrons. The maximum Gasteiger partial charge on any atom is 0.175 e. The summed E-state index contributed by atoms with van der Waals surface area (Å²) < 4.78 is 40.4. The molecule has 6 nitrogen and oxygen atoms in total. The maximum absolute atomic E-state index is 14.9. The summed E-state index contributed by atoms with van der Waals surface area (Å²) in [5.74, 6) is -0.572. The first-order valence-electron chi connectivity index (χ1n) is 13.2. The Bertz CT molecular complexity index is 1610. The van der Waals surface area contributed by atoms with Crippen LogP contribution in [-0.4, -0.2) is 60.3 Å². The molecule has 2 bridgehead atoms. The highest BCUT2D eigenvalue weighted by Crippen LogP contribution is 2.35. The third kappa shape index (κ3) is 4.29. The van der Waals surface area contributed by atoms with E-state index in [1.54, 1.807) is 0 Å². The molecule has 38 heavy (non-hydrogen) atoms. The Morgan fingerprint density at radius 3 is 2.24 bits per heavy atom. The Balaban J connectivity index is 1.27. The third-order valence-electron chi connectivity index (χ3n) is 8.24. The van der Waals surface area contributed by atoms with Gasteiger partial charge in [0.15, 0.2) is 9.84 Å². The molecule has 6 rings (SSSR count). The fourth-order valence-corrected chi connectivity index (χ4v) is 7.04. The summed E-state index contributed by atoms with van der Waals surface area (Å²) >= 11 is 0. The first-order chi connectivity index (χ1) is 18.1. The molecule has 8 heteroatoms. The summed E-state index contributed by atoms with van der Waals surface area (Å²) in [6.45, 7) is 6.77. The zero-order valence-corrected chi connectivity index (χ0v) is 23.0. The van der Waals surface area contributed by atoms with E-state index in [1.807, 2.05) is 23.9 Å². The van der Waals surface area contributed by atoms with Gasteiger partial charge in [-0.3, -0.25) is 9.88 Å². The van der Waals surface area contributed by atoms with Crippen molar-refractivity contribution in [1.82, 2.24) is 14.5 Å². The standard InChI is InChI=1S/C30H33FN4O2S/c1-19(2)35-23-9-10-24(35)18-34(17-23)22-7-5-20(6-8-22)21-13-30-28(32-16-21)15-29(33(30)3)26-12-11-25(14-27(26)31)38(4,36)37/h5-8,11-16,19,23-24H,9-10,17-18H2,1-4H3. The molecule has 0 aliphatic carbocycles. The second-order valence-electron chi connectivity index (χ2n) is 11.0. The fraction of sp³-hybridized carbons (Fsp3) is 0.367. The number of anilines is 1. The van der Waals surface area contributed by atoms with E-state index in [2.05, 4.69) is 59.0 Å². The highest BCUT2D eigenvalue weighted by atomic mass is 32.2. The molecule has 2 aromatic heterocycles. The highest BCUT2D eigenvalue weighted by molar-refractivity contribution is 7.90. The molecule has 0 amide bonds. The molecule has 0 N–H and O–H groups in total. The van der Waals surface area contributed by atoms with E-state index >= 15 is 0 Å². The Labute approximate surface area is 223 Å². The number of halogens is 1. The summed E-state index contributed by atoms with van der Waals surface area (Å²) in [7, 11) is -1.60. The molecule has 2 aliphatic rings. The van der Waals surface area contributed by atoms with Crippen molar-refractivity contribution in [2.75, 3.05) is 24.2 Å². The van der Waals surface area contributed by atoms with E-state index in [9.17, 15) is 12.8 Å². The quantitative estimate of drug-likeness (QED) is 0.339. The van der Waals surface area contributed by atoms with Crippen LogP contribution in [0.25, 0.3) is 33.4 Å². The first kappa shape index (κ1) is 25.1. The normalized spacial score (nSPS) is 20.1. The minimum atomic E-state index is -3.48. The Kier molecular flexibility index (Phi) is 6.07. The van der Waals surface area contributed by atoms with Gasteiger partial charge in [0.1, 0.15) is 5.82 Å². The van der Waals surface area contributed by atoms with Gasteiger partial charge in [0.2, 0.25) is 0 Å². The summed E-state index contributed by atoms with van der Waals surface area (Å²) in [5.41, 5.74) is 5.97. The van der Waals surface area contributed by atoms with Crippen LogP contribution in [0, 0.1) is 5.82 Å². The minimum absolute atomic E-state index is 0.0316. The number of aromatic nitrogens is 2. The van der Waals surface area contributed by atoms with Crippen molar-refractivity contribution in [1.29, 1.82) is 0 Å². The number of sulfone groups is 1. The fourth-order valence-electron chi connectivity index (χ4n) is 6.40. The lowest BCUT2D eigenvalue weighted by Gasteiger charge is -2.44. The number of piperazine rings is 1. The Morgan fingerprint density at radius 1 is 0.947 bits per heavy atom. The lowest BCUT2D eigenvalue weighted by atomic mass is 10.1. The van der Waals surface area contributed by atoms with E-state index in [0.29, 0.717) is 29.4 Å². The lowest BCUT2D eigenvalue weighted by Crippen LogP contribution is -2.56. The average molecular weight is 533 g/mol. The van der Waals surface area contributed by atoms with Gasteiger partial charge in [-0.1, -0.05) is 12.1 Å². The summed E-state index contributed by atoms with van der Waals surface area (Å²) in [5, 5.41) is 0. The molecular formula is C30H33FN4O2S. The van der Waals surface area contributed by atoms with Gasteiger partial charge < -0.3 is 9.47 Å². The Hall–Kier alpha value is -3.23. The molecule has 2 aromatic carbocycles. The van der Waals surface area contributed by atoms with Crippen LogP contribution in [-0.2, 0) is 16.9 Å². The number of nitrogens with zero attached hydrogens (tertiary/aromatic N) is 4. The van der Waals surface area contributed by atoms with Crippen LogP contribution in [0.3, 0.4) is 0 Å². The van der Waals surface area contributed by atoms with Crippen molar-refractivity contribution in [2.24, 2.45) is 7.05 Å². The van der Waals surface area contributed by atoms with E-state index < -0.39 is 15.7 Å². The van der Waals surface area contributed by atoms with Gasteiger partial charge in [-0.2, -0.15) is 0 Å². The van der Waals surface area contributed by atoms with Crippen molar-refractivity contribution in [2.45, 2.75) is 49.7 Å². The number of pyridine rings is 1. The highest BCUT2D eigenvalue weighted by Gasteiger charge is 2.40. The van der Waals surface area contributed by atoms with E-state index in [-0.39, 0.29) is 4.90 Å². The molecule has 0 saturated carbocycles. The van der Waals surface area contributed by atoms with Crippen LogP contribution in [0.2, 0.25) is 0 Å². The summed E-state index contributed by atoms with van der Waals surface area (Å²) in [6, 6.07) is 18.6. The molecular weight excluding hydrogens is 499 g/mol. The van der Waals surface area contributed by atoms with Crippen molar-refractivity contribution in [3.05, 3.63) is 66.6 Å². The lowest BCUT2D eigenvalue weighted by molar-refractivity contribution is 0.129. The van der Waals surface area contributed by atoms with Gasteiger partial charge in [0.25, 0.3) is 0 Å².